The molecule has 0 bridgehead atoms. The monoisotopic (exact) mass is 268 g/mol. The van der Waals surface area contributed by atoms with Gasteiger partial charge in [0.15, 0.2) is 11.1 Å². The van der Waals surface area contributed by atoms with E-state index in [0.29, 0.717) is 16.5 Å². The van der Waals surface area contributed by atoms with Crippen molar-refractivity contribution < 1.29 is 8.76 Å². The number of aromatic nitrogens is 2. The SMILES string of the molecule is O=S(O)Cc1nccc(-c2ccc(Cl)cc2)n1. The average molecular weight is 269 g/mol. The molecular weight excluding hydrogens is 260 g/mol. The molecule has 0 spiro atoms. The maximum absolute atomic E-state index is 10.7. The van der Waals surface area contributed by atoms with E-state index in [1.807, 2.05) is 12.1 Å². The van der Waals surface area contributed by atoms with Crippen molar-refractivity contribution in [1.82, 2.24) is 9.97 Å². The molecule has 88 valence electrons. The van der Waals surface area contributed by atoms with Crippen molar-refractivity contribution >= 4 is 22.7 Å². The number of benzene rings is 1. The first-order valence-electron chi connectivity index (χ1n) is 4.80. The van der Waals surface area contributed by atoms with Gasteiger partial charge in [-0.1, -0.05) is 23.7 Å². The lowest BCUT2D eigenvalue weighted by Crippen LogP contribution is -2.00. The lowest BCUT2D eigenvalue weighted by molar-refractivity contribution is 0.562. The molecule has 0 aliphatic rings. The molecule has 2 aromatic rings. The lowest BCUT2D eigenvalue weighted by atomic mass is 10.1. The normalized spacial score (nSPS) is 12.4. The van der Waals surface area contributed by atoms with Crippen molar-refractivity contribution in [1.29, 1.82) is 0 Å². The van der Waals surface area contributed by atoms with Crippen LogP contribution in [0.5, 0.6) is 0 Å². The highest BCUT2D eigenvalue weighted by Gasteiger charge is 2.04. The predicted octanol–water partition coefficient (Wildman–Crippen LogP) is 2.52. The zero-order chi connectivity index (χ0) is 12.3. The van der Waals surface area contributed by atoms with Gasteiger partial charge in [-0.05, 0) is 18.2 Å². The molecule has 0 fully saturated rings. The van der Waals surface area contributed by atoms with E-state index in [2.05, 4.69) is 9.97 Å². The standard InChI is InChI=1S/C11H9ClN2O2S/c12-9-3-1-8(2-4-9)10-5-6-13-11(14-10)7-17(15)16/h1-6H,7H2,(H,15,16). The fraction of sp³-hybridized carbons (Fsp3) is 0.0909. The summed E-state index contributed by atoms with van der Waals surface area (Å²) in [6.07, 6.45) is 1.57. The van der Waals surface area contributed by atoms with Crippen LogP contribution in [0, 0.1) is 0 Å². The number of rotatable bonds is 3. The zero-order valence-electron chi connectivity index (χ0n) is 8.71. The molecule has 1 heterocycles. The van der Waals surface area contributed by atoms with Crippen molar-refractivity contribution in [2.75, 3.05) is 0 Å². The molecule has 1 N–H and O–H groups in total. The second kappa shape index (κ2) is 5.35. The quantitative estimate of drug-likeness (QED) is 0.869. The summed E-state index contributed by atoms with van der Waals surface area (Å²) in [6, 6.07) is 8.95. The first-order valence-corrected chi connectivity index (χ1v) is 6.46. The lowest BCUT2D eigenvalue weighted by Gasteiger charge is -2.02. The summed E-state index contributed by atoms with van der Waals surface area (Å²) < 4.78 is 19.5. The molecule has 0 aliphatic heterocycles. The molecule has 0 aliphatic carbocycles. The number of halogens is 1. The van der Waals surface area contributed by atoms with Gasteiger partial charge in [0, 0.05) is 16.8 Å². The van der Waals surface area contributed by atoms with E-state index in [9.17, 15) is 4.21 Å². The Kier molecular flexibility index (Phi) is 3.83. The van der Waals surface area contributed by atoms with E-state index < -0.39 is 11.1 Å². The molecule has 1 unspecified atom stereocenters. The van der Waals surface area contributed by atoms with Crippen LogP contribution in [0.25, 0.3) is 11.3 Å². The molecule has 4 nitrogen and oxygen atoms in total. The Labute approximate surface area is 106 Å². The van der Waals surface area contributed by atoms with Gasteiger partial charge >= 0.3 is 0 Å². The number of nitrogens with zero attached hydrogens (tertiary/aromatic N) is 2. The van der Waals surface area contributed by atoms with Gasteiger partial charge in [-0.15, -0.1) is 0 Å². The minimum Gasteiger partial charge on any atom is -0.306 e. The van der Waals surface area contributed by atoms with Gasteiger partial charge in [0.25, 0.3) is 0 Å². The van der Waals surface area contributed by atoms with Crippen molar-refractivity contribution in [3.8, 4) is 11.3 Å². The number of hydrogen-bond donors (Lipinski definition) is 1. The van der Waals surface area contributed by atoms with Crippen LogP contribution in [0.1, 0.15) is 5.82 Å². The van der Waals surface area contributed by atoms with E-state index in [-0.39, 0.29) is 5.75 Å². The highest BCUT2D eigenvalue weighted by molar-refractivity contribution is 7.78. The second-order valence-electron chi connectivity index (χ2n) is 3.33. The molecule has 1 aromatic carbocycles. The summed E-state index contributed by atoms with van der Waals surface area (Å²) in [7, 11) is 0. The Morgan fingerprint density at radius 2 is 1.94 bits per heavy atom. The third-order valence-corrected chi connectivity index (χ3v) is 2.86. The third-order valence-electron chi connectivity index (χ3n) is 2.10. The summed E-state index contributed by atoms with van der Waals surface area (Å²) >= 11 is 3.86. The molecule has 0 radical (unpaired) electrons. The van der Waals surface area contributed by atoms with E-state index in [1.165, 1.54) is 0 Å². The van der Waals surface area contributed by atoms with E-state index in [1.54, 1.807) is 24.4 Å². The van der Waals surface area contributed by atoms with Gasteiger partial charge in [-0.25, -0.2) is 14.2 Å². The zero-order valence-corrected chi connectivity index (χ0v) is 10.3. The maximum atomic E-state index is 10.7. The summed E-state index contributed by atoms with van der Waals surface area (Å²) in [4.78, 5) is 8.14. The second-order valence-corrected chi connectivity index (χ2v) is 4.70. The minimum atomic E-state index is -1.93. The Morgan fingerprint density at radius 3 is 2.59 bits per heavy atom. The summed E-state index contributed by atoms with van der Waals surface area (Å²) in [6.45, 7) is 0. The van der Waals surface area contributed by atoms with Crippen molar-refractivity contribution in [2.24, 2.45) is 0 Å². The molecule has 2 rings (SSSR count). The van der Waals surface area contributed by atoms with Crippen molar-refractivity contribution in [2.45, 2.75) is 5.75 Å². The fourth-order valence-corrected chi connectivity index (χ4v) is 1.85. The van der Waals surface area contributed by atoms with Crippen LogP contribution in [0.4, 0.5) is 0 Å². The molecule has 1 atom stereocenters. The Morgan fingerprint density at radius 1 is 1.24 bits per heavy atom. The number of hydrogen-bond acceptors (Lipinski definition) is 3. The largest absolute Gasteiger partial charge is 0.306 e. The first-order chi connectivity index (χ1) is 8.15. The van der Waals surface area contributed by atoms with Gasteiger partial charge in [0.1, 0.15) is 11.6 Å². The fourth-order valence-electron chi connectivity index (χ4n) is 1.36. The Balaban J connectivity index is 2.32. The topological polar surface area (TPSA) is 63.1 Å². The van der Waals surface area contributed by atoms with Crippen molar-refractivity contribution in [3.63, 3.8) is 0 Å². The Bertz CT molecular complexity index is 545. The van der Waals surface area contributed by atoms with E-state index in [0.717, 1.165) is 5.56 Å². The summed E-state index contributed by atoms with van der Waals surface area (Å²) in [5.74, 6) is 0.278. The smallest absolute Gasteiger partial charge is 0.160 e. The van der Waals surface area contributed by atoms with E-state index in [4.69, 9.17) is 16.2 Å². The van der Waals surface area contributed by atoms with Gasteiger partial charge in [-0.2, -0.15) is 0 Å². The molecule has 6 heteroatoms. The highest BCUT2D eigenvalue weighted by atomic mass is 35.5. The van der Waals surface area contributed by atoms with Crippen LogP contribution >= 0.6 is 11.6 Å². The van der Waals surface area contributed by atoms with Crippen LogP contribution < -0.4 is 0 Å². The summed E-state index contributed by atoms with van der Waals surface area (Å²) in [5.41, 5.74) is 1.60. The van der Waals surface area contributed by atoms with Crippen molar-refractivity contribution in [3.05, 3.63) is 47.4 Å². The van der Waals surface area contributed by atoms with Crippen LogP contribution in [0.3, 0.4) is 0 Å². The average Bonchev–Trinajstić information content (AvgIpc) is 2.29. The predicted molar refractivity (Wildman–Crippen MR) is 67.0 cm³/mol. The van der Waals surface area contributed by atoms with Gasteiger partial charge < -0.3 is 4.55 Å². The minimum absolute atomic E-state index is 0.0680. The third kappa shape index (κ3) is 3.33. The molecule has 0 saturated heterocycles. The van der Waals surface area contributed by atoms with Gasteiger partial charge in [-0.3, -0.25) is 0 Å². The Hall–Kier alpha value is -1.30. The highest BCUT2D eigenvalue weighted by Crippen LogP contribution is 2.19. The molecule has 0 saturated carbocycles. The van der Waals surface area contributed by atoms with Crippen LogP contribution in [0.15, 0.2) is 36.5 Å². The molecule has 17 heavy (non-hydrogen) atoms. The van der Waals surface area contributed by atoms with Gasteiger partial charge in [0.2, 0.25) is 0 Å². The van der Waals surface area contributed by atoms with Crippen LogP contribution in [-0.2, 0) is 16.8 Å². The molecular formula is C11H9ClN2O2S. The first kappa shape index (κ1) is 12.2. The van der Waals surface area contributed by atoms with Gasteiger partial charge in [0.05, 0.1) is 5.69 Å². The maximum Gasteiger partial charge on any atom is 0.160 e. The molecule has 0 amide bonds. The molecule has 1 aromatic heterocycles. The van der Waals surface area contributed by atoms with Crippen LogP contribution in [-0.4, -0.2) is 18.7 Å². The summed E-state index contributed by atoms with van der Waals surface area (Å²) in [5, 5.41) is 0.652. The van der Waals surface area contributed by atoms with E-state index >= 15 is 0 Å². The van der Waals surface area contributed by atoms with Crippen LogP contribution in [0.2, 0.25) is 5.02 Å².